The summed E-state index contributed by atoms with van der Waals surface area (Å²) in [6.45, 7) is 2.48. The average molecular weight is 373 g/mol. The molecule has 0 aromatic heterocycles. The molecule has 1 aliphatic rings. The number of Topliss-reactive ketones (excluding diaryl/α,β-unsaturated/α-hetero) is 1. The van der Waals surface area contributed by atoms with E-state index in [9.17, 15) is 4.79 Å². The molecule has 3 rings (SSSR count). The van der Waals surface area contributed by atoms with Crippen molar-refractivity contribution in [3.05, 3.63) is 63.1 Å². The van der Waals surface area contributed by atoms with E-state index in [1.54, 1.807) is 7.11 Å². The predicted molar refractivity (Wildman–Crippen MR) is 94.3 cm³/mol. The fraction of sp³-hybridized carbons (Fsp3) is 0.211. The first kappa shape index (κ1) is 15.8. The van der Waals surface area contributed by atoms with Crippen molar-refractivity contribution in [1.82, 2.24) is 0 Å². The lowest BCUT2D eigenvalue weighted by molar-refractivity contribution is 0.104. The van der Waals surface area contributed by atoms with Gasteiger partial charge in [-0.15, -0.1) is 0 Å². The van der Waals surface area contributed by atoms with E-state index < -0.39 is 0 Å². The maximum absolute atomic E-state index is 12.5. The van der Waals surface area contributed by atoms with Crippen LogP contribution in [0, 0.1) is 0 Å². The molecule has 118 valence electrons. The van der Waals surface area contributed by atoms with E-state index in [4.69, 9.17) is 9.47 Å². The molecule has 0 fully saturated rings. The highest BCUT2D eigenvalue weighted by molar-refractivity contribution is 9.10. The maximum atomic E-state index is 12.5. The Kier molecular flexibility index (Phi) is 4.53. The van der Waals surface area contributed by atoms with Gasteiger partial charge in [0, 0.05) is 17.6 Å². The number of ketones is 1. The lowest BCUT2D eigenvalue weighted by Gasteiger charge is -2.12. The molecular formula is C19H17BrO3. The van der Waals surface area contributed by atoms with Gasteiger partial charge in [0.25, 0.3) is 0 Å². The number of rotatable bonds is 4. The van der Waals surface area contributed by atoms with Crippen LogP contribution < -0.4 is 9.47 Å². The van der Waals surface area contributed by atoms with Crippen molar-refractivity contribution in [2.24, 2.45) is 0 Å². The third kappa shape index (κ3) is 3.04. The molecule has 2 aromatic carbocycles. The Morgan fingerprint density at radius 2 is 2.04 bits per heavy atom. The Balaban J connectivity index is 1.99. The SMILES string of the molecule is CCOc1cc(/C=C2\Cc3ccccc3C2=O)cc(Br)c1OC. The second-order valence-corrected chi connectivity index (χ2v) is 6.15. The molecule has 0 saturated carbocycles. The molecule has 0 radical (unpaired) electrons. The van der Waals surface area contributed by atoms with E-state index in [1.165, 1.54) is 0 Å². The summed E-state index contributed by atoms with van der Waals surface area (Å²) in [5, 5.41) is 0. The molecule has 0 heterocycles. The Labute approximate surface area is 144 Å². The summed E-state index contributed by atoms with van der Waals surface area (Å²) in [4.78, 5) is 12.5. The number of allylic oxidation sites excluding steroid dienone is 1. The minimum Gasteiger partial charge on any atom is -0.492 e. The minimum absolute atomic E-state index is 0.102. The summed E-state index contributed by atoms with van der Waals surface area (Å²) < 4.78 is 11.8. The zero-order chi connectivity index (χ0) is 16.4. The highest BCUT2D eigenvalue weighted by Crippen LogP contribution is 2.38. The molecule has 0 unspecified atom stereocenters. The standard InChI is InChI=1S/C19H17BrO3/c1-3-23-17-10-12(9-16(20)19(17)22-2)8-14-11-13-6-4-5-7-15(13)18(14)21/h4-10H,3,11H2,1-2H3/b14-8+. The number of benzene rings is 2. The molecule has 0 aliphatic heterocycles. The van der Waals surface area contributed by atoms with Crippen molar-refractivity contribution < 1.29 is 14.3 Å². The first-order chi connectivity index (χ1) is 11.1. The van der Waals surface area contributed by atoms with E-state index in [-0.39, 0.29) is 5.78 Å². The van der Waals surface area contributed by atoms with Crippen LogP contribution in [0.15, 0.2) is 46.4 Å². The Morgan fingerprint density at radius 1 is 1.26 bits per heavy atom. The summed E-state index contributed by atoms with van der Waals surface area (Å²) in [5.74, 6) is 1.43. The van der Waals surface area contributed by atoms with Gasteiger partial charge in [0.05, 0.1) is 18.2 Å². The predicted octanol–water partition coefficient (Wildman–Crippen LogP) is 4.68. The molecule has 0 N–H and O–H groups in total. The third-order valence-corrected chi connectivity index (χ3v) is 4.40. The lowest BCUT2D eigenvalue weighted by atomic mass is 10.1. The molecule has 3 nitrogen and oxygen atoms in total. The summed E-state index contributed by atoms with van der Waals surface area (Å²) >= 11 is 3.50. The first-order valence-electron chi connectivity index (χ1n) is 7.47. The van der Waals surface area contributed by atoms with E-state index in [1.807, 2.05) is 49.4 Å². The highest BCUT2D eigenvalue weighted by Gasteiger charge is 2.24. The van der Waals surface area contributed by atoms with Gasteiger partial charge in [-0.05, 0) is 52.2 Å². The van der Waals surface area contributed by atoms with Gasteiger partial charge in [-0.1, -0.05) is 24.3 Å². The summed E-state index contributed by atoms with van der Waals surface area (Å²) in [7, 11) is 1.61. The number of halogens is 1. The number of fused-ring (bicyclic) bond motifs is 1. The van der Waals surface area contributed by atoms with Gasteiger partial charge in [-0.3, -0.25) is 4.79 Å². The van der Waals surface area contributed by atoms with E-state index in [2.05, 4.69) is 15.9 Å². The van der Waals surface area contributed by atoms with Crippen LogP contribution in [0.25, 0.3) is 6.08 Å². The molecule has 2 aromatic rings. The van der Waals surface area contributed by atoms with Crippen LogP contribution in [0.3, 0.4) is 0 Å². The second kappa shape index (κ2) is 6.59. The normalized spacial score (nSPS) is 14.9. The van der Waals surface area contributed by atoms with Crippen molar-refractivity contribution in [1.29, 1.82) is 0 Å². The molecule has 0 atom stereocenters. The fourth-order valence-electron chi connectivity index (χ4n) is 2.80. The zero-order valence-corrected chi connectivity index (χ0v) is 14.6. The number of ether oxygens (including phenoxy) is 2. The van der Waals surface area contributed by atoms with Crippen LogP contribution in [0.5, 0.6) is 11.5 Å². The van der Waals surface area contributed by atoms with E-state index in [0.29, 0.717) is 24.5 Å². The van der Waals surface area contributed by atoms with Gasteiger partial charge in [0.15, 0.2) is 17.3 Å². The summed E-state index contributed by atoms with van der Waals surface area (Å²) in [5.41, 5.74) is 3.60. The second-order valence-electron chi connectivity index (χ2n) is 5.30. The van der Waals surface area contributed by atoms with Crippen LogP contribution >= 0.6 is 15.9 Å². The minimum atomic E-state index is 0.102. The molecule has 23 heavy (non-hydrogen) atoms. The van der Waals surface area contributed by atoms with Crippen LogP contribution in [0.4, 0.5) is 0 Å². The number of methoxy groups -OCH3 is 1. The Bertz CT molecular complexity index is 793. The maximum Gasteiger partial charge on any atom is 0.189 e. The third-order valence-electron chi connectivity index (χ3n) is 3.81. The van der Waals surface area contributed by atoms with Crippen molar-refractivity contribution in [3.8, 4) is 11.5 Å². The highest BCUT2D eigenvalue weighted by atomic mass is 79.9. The fourth-order valence-corrected chi connectivity index (χ4v) is 3.43. The van der Waals surface area contributed by atoms with Gasteiger partial charge < -0.3 is 9.47 Å². The van der Waals surface area contributed by atoms with Crippen LogP contribution in [0.1, 0.15) is 28.4 Å². The monoisotopic (exact) mass is 372 g/mol. The summed E-state index contributed by atoms with van der Waals surface area (Å²) in [6, 6.07) is 11.6. The molecule has 0 spiro atoms. The molecule has 4 heteroatoms. The average Bonchev–Trinajstić information content (AvgIpc) is 2.84. The number of hydrogen-bond donors (Lipinski definition) is 0. The van der Waals surface area contributed by atoms with Crippen molar-refractivity contribution >= 4 is 27.8 Å². The topological polar surface area (TPSA) is 35.5 Å². The van der Waals surface area contributed by atoms with Gasteiger partial charge >= 0.3 is 0 Å². The number of carbonyl (C=O) groups is 1. The molecule has 0 saturated heterocycles. The van der Waals surface area contributed by atoms with E-state index >= 15 is 0 Å². The quantitative estimate of drug-likeness (QED) is 0.731. The van der Waals surface area contributed by atoms with Gasteiger partial charge in [-0.25, -0.2) is 0 Å². The smallest absolute Gasteiger partial charge is 0.189 e. The summed E-state index contributed by atoms with van der Waals surface area (Å²) in [6.07, 6.45) is 2.59. The van der Waals surface area contributed by atoms with Crippen molar-refractivity contribution in [2.45, 2.75) is 13.3 Å². The lowest BCUT2D eigenvalue weighted by Crippen LogP contribution is -1.98. The van der Waals surface area contributed by atoms with Crippen molar-refractivity contribution in [3.63, 3.8) is 0 Å². The van der Waals surface area contributed by atoms with Gasteiger partial charge in [0.1, 0.15) is 0 Å². The van der Waals surface area contributed by atoms with Crippen LogP contribution in [0.2, 0.25) is 0 Å². The molecule has 0 bridgehead atoms. The van der Waals surface area contributed by atoms with Crippen LogP contribution in [-0.4, -0.2) is 19.5 Å². The number of carbonyl (C=O) groups excluding carboxylic acids is 1. The Hall–Kier alpha value is -2.07. The van der Waals surface area contributed by atoms with Crippen LogP contribution in [-0.2, 0) is 6.42 Å². The Morgan fingerprint density at radius 3 is 2.74 bits per heavy atom. The van der Waals surface area contributed by atoms with Gasteiger partial charge in [-0.2, -0.15) is 0 Å². The zero-order valence-electron chi connectivity index (χ0n) is 13.1. The van der Waals surface area contributed by atoms with E-state index in [0.717, 1.165) is 26.7 Å². The first-order valence-corrected chi connectivity index (χ1v) is 8.26. The van der Waals surface area contributed by atoms with Crippen molar-refractivity contribution in [2.75, 3.05) is 13.7 Å². The molecular weight excluding hydrogens is 356 g/mol. The largest absolute Gasteiger partial charge is 0.492 e. The molecule has 0 amide bonds. The number of hydrogen-bond acceptors (Lipinski definition) is 3. The van der Waals surface area contributed by atoms with Gasteiger partial charge in [0.2, 0.25) is 0 Å². The molecule has 1 aliphatic carbocycles.